The Kier molecular flexibility index (Phi) is 8.07. The largest absolute Gasteiger partial charge is 0.496 e. The van der Waals surface area contributed by atoms with E-state index in [2.05, 4.69) is 0 Å². The number of benzene rings is 2. The number of fused-ring (bicyclic) bond motifs is 1. The fourth-order valence-electron chi connectivity index (χ4n) is 5.62. The lowest BCUT2D eigenvalue weighted by molar-refractivity contribution is -0.384. The highest BCUT2D eigenvalue weighted by Gasteiger charge is 2.35. The Hall–Kier alpha value is -4.25. The van der Waals surface area contributed by atoms with E-state index in [0.29, 0.717) is 56.3 Å². The van der Waals surface area contributed by atoms with Crippen LogP contribution in [0.2, 0.25) is 0 Å². The Morgan fingerprint density at radius 2 is 1.90 bits per heavy atom. The second kappa shape index (κ2) is 11.7. The number of likely N-dealkylation sites (N-methyl/N-ethyl adjacent to an activating group) is 1. The number of aromatic nitrogens is 1. The summed E-state index contributed by atoms with van der Waals surface area (Å²) in [6.07, 6.45) is 3.67. The van der Waals surface area contributed by atoms with Crippen molar-refractivity contribution in [1.82, 2.24) is 9.47 Å². The minimum Gasteiger partial charge on any atom is -0.496 e. The molecule has 0 spiro atoms. The van der Waals surface area contributed by atoms with Crippen LogP contribution in [0.1, 0.15) is 50.8 Å². The number of ether oxygens (including phenoxy) is 1. The summed E-state index contributed by atoms with van der Waals surface area (Å²) in [6.45, 7) is 8.22. The first-order chi connectivity index (χ1) is 19.8. The Balaban J connectivity index is 1.69. The smallest absolute Gasteiger partial charge is 0.293 e. The van der Waals surface area contributed by atoms with Crippen LogP contribution < -0.4 is 24.5 Å². The number of allylic oxidation sites excluding steroid dienone is 1. The van der Waals surface area contributed by atoms with Crippen molar-refractivity contribution in [3.63, 3.8) is 0 Å². The number of hydrogen-bond acceptors (Lipinski definition) is 8. The fraction of sp³-hybridized carbons (Fsp3) is 0.367. The number of hydrogen-bond donors (Lipinski definition) is 0. The molecular weight excluding hydrogens is 542 g/mol. The minimum absolute atomic E-state index is 0.0169. The van der Waals surface area contributed by atoms with E-state index in [1.165, 1.54) is 17.4 Å². The van der Waals surface area contributed by atoms with E-state index >= 15 is 0 Å². The van der Waals surface area contributed by atoms with Gasteiger partial charge >= 0.3 is 0 Å². The van der Waals surface area contributed by atoms with E-state index in [4.69, 9.17) is 9.73 Å². The number of rotatable bonds is 8. The van der Waals surface area contributed by atoms with Gasteiger partial charge in [0.2, 0.25) is 0 Å². The van der Waals surface area contributed by atoms with Gasteiger partial charge in [0.1, 0.15) is 17.5 Å². The molecule has 1 atom stereocenters. The number of nitro groups is 1. The Morgan fingerprint density at radius 3 is 2.56 bits per heavy atom. The summed E-state index contributed by atoms with van der Waals surface area (Å²) in [5, 5.41) is 11.9. The molecule has 2 aliphatic heterocycles. The van der Waals surface area contributed by atoms with Crippen LogP contribution in [0, 0.1) is 10.1 Å². The molecule has 5 rings (SSSR count). The molecule has 3 aromatic rings. The van der Waals surface area contributed by atoms with Crippen molar-refractivity contribution in [2.75, 3.05) is 38.2 Å². The van der Waals surface area contributed by atoms with E-state index in [9.17, 15) is 19.7 Å². The molecule has 1 fully saturated rings. The number of carbonyl (C=O) groups is 1. The van der Waals surface area contributed by atoms with Crippen LogP contribution in [0.4, 0.5) is 11.4 Å². The monoisotopic (exact) mass is 575 g/mol. The number of para-hydroxylation sites is 1. The molecule has 0 bridgehead atoms. The van der Waals surface area contributed by atoms with Crippen LogP contribution in [0.5, 0.6) is 5.75 Å². The summed E-state index contributed by atoms with van der Waals surface area (Å²) in [5.41, 5.74) is 2.47. The molecule has 3 heterocycles. The number of anilines is 1. The number of carbonyl (C=O) groups excluding carboxylic acids is 1. The van der Waals surface area contributed by atoms with Crippen molar-refractivity contribution in [2.45, 2.75) is 39.7 Å². The zero-order chi connectivity index (χ0) is 29.3. The number of amides is 1. The first kappa shape index (κ1) is 28.3. The van der Waals surface area contributed by atoms with Gasteiger partial charge in [0.05, 0.1) is 27.8 Å². The van der Waals surface area contributed by atoms with Gasteiger partial charge in [-0.2, -0.15) is 0 Å². The molecular formula is C30H33N5O5S. The van der Waals surface area contributed by atoms with Crippen molar-refractivity contribution < 1.29 is 14.5 Å². The average molecular weight is 576 g/mol. The van der Waals surface area contributed by atoms with E-state index in [1.54, 1.807) is 47.8 Å². The third kappa shape index (κ3) is 5.17. The van der Waals surface area contributed by atoms with Crippen LogP contribution in [-0.4, -0.2) is 53.6 Å². The molecule has 41 heavy (non-hydrogen) atoms. The molecule has 0 N–H and O–H groups in total. The molecule has 2 aromatic carbocycles. The van der Waals surface area contributed by atoms with Gasteiger partial charge in [0.25, 0.3) is 17.2 Å². The first-order valence-corrected chi connectivity index (χ1v) is 14.6. The predicted octanol–water partition coefficient (Wildman–Crippen LogP) is 3.62. The number of nitrogens with zero attached hydrogens (tertiary/aromatic N) is 5. The minimum atomic E-state index is -0.746. The van der Waals surface area contributed by atoms with E-state index < -0.39 is 6.04 Å². The van der Waals surface area contributed by atoms with E-state index in [0.717, 1.165) is 25.9 Å². The highest BCUT2D eigenvalue weighted by Crippen LogP contribution is 2.36. The van der Waals surface area contributed by atoms with Gasteiger partial charge in [0.15, 0.2) is 4.80 Å². The maximum absolute atomic E-state index is 14.0. The lowest BCUT2D eigenvalue weighted by Crippen LogP contribution is -2.43. The quantitative estimate of drug-likeness (QED) is 0.300. The summed E-state index contributed by atoms with van der Waals surface area (Å²) in [5.74, 6) is 0.370. The Labute approximate surface area is 241 Å². The molecule has 10 nitrogen and oxygen atoms in total. The highest BCUT2D eigenvalue weighted by atomic mass is 32.1. The summed E-state index contributed by atoms with van der Waals surface area (Å²) >= 11 is 1.20. The number of methoxy groups -OCH3 is 1. The Bertz CT molecular complexity index is 1710. The Morgan fingerprint density at radius 1 is 1.20 bits per heavy atom. The van der Waals surface area contributed by atoms with Crippen LogP contribution >= 0.6 is 11.3 Å². The zero-order valence-electron chi connectivity index (χ0n) is 23.6. The van der Waals surface area contributed by atoms with Gasteiger partial charge in [-0.25, -0.2) is 4.99 Å². The molecule has 0 radical (unpaired) electrons. The third-order valence-corrected chi connectivity index (χ3v) is 8.66. The van der Waals surface area contributed by atoms with Gasteiger partial charge in [-0.1, -0.05) is 35.6 Å². The van der Waals surface area contributed by atoms with Crippen LogP contribution in [0.25, 0.3) is 6.08 Å². The van der Waals surface area contributed by atoms with E-state index in [-0.39, 0.29) is 22.1 Å². The second-order valence-electron chi connectivity index (χ2n) is 10.0. The molecule has 11 heteroatoms. The summed E-state index contributed by atoms with van der Waals surface area (Å²) in [4.78, 5) is 48.3. The summed E-state index contributed by atoms with van der Waals surface area (Å²) in [7, 11) is 1.56. The normalized spacial score (nSPS) is 16.9. The van der Waals surface area contributed by atoms with Crippen molar-refractivity contribution in [1.29, 1.82) is 0 Å². The van der Waals surface area contributed by atoms with Gasteiger partial charge in [-0.15, -0.1) is 0 Å². The first-order valence-electron chi connectivity index (χ1n) is 13.8. The maximum Gasteiger partial charge on any atom is 0.293 e. The topological polar surface area (TPSA) is 110 Å². The lowest BCUT2D eigenvalue weighted by Gasteiger charge is -2.29. The summed E-state index contributed by atoms with van der Waals surface area (Å²) in [6, 6.07) is 11.7. The maximum atomic E-state index is 14.0. The molecule has 0 aliphatic carbocycles. The molecule has 1 saturated heterocycles. The highest BCUT2D eigenvalue weighted by molar-refractivity contribution is 7.07. The van der Waals surface area contributed by atoms with Crippen molar-refractivity contribution in [2.24, 2.45) is 4.99 Å². The SMILES string of the molecule is CCN(CC)C(=O)C1=C(C)N=c2s/c(=C\c3ccc(N4CCCC4)c([N+](=O)[O-])c3)c(=O)n2[C@@H]1c1ccccc1OC. The average Bonchev–Trinajstić information content (AvgIpc) is 3.61. The van der Waals surface area contributed by atoms with Crippen LogP contribution in [-0.2, 0) is 4.79 Å². The standard InChI is InChI=1S/C30H33N5O5S/c1-5-32(6-2)29(37)26-19(3)31-30-34(27(26)21-11-7-8-12-24(21)40-4)28(36)25(41-30)18-20-13-14-22(23(17-20)35(38)39)33-15-9-10-16-33/h7-8,11-14,17-18,27H,5-6,9-10,15-16H2,1-4H3/b25-18-/t27-/m1/s1. The lowest BCUT2D eigenvalue weighted by atomic mass is 9.94. The van der Waals surface area contributed by atoms with E-state index in [1.807, 2.05) is 36.9 Å². The van der Waals surface area contributed by atoms with Gasteiger partial charge in [-0.05, 0) is 57.4 Å². The van der Waals surface area contributed by atoms with Gasteiger partial charge in [0, 0.05) is 37.8 Å². The molecule has 1 aromatic heterocycles. The second-order valence-corrected chi connectivity index (χ2v) is 11.0. The van der Waals surface area contributed by atoms with Crippen molar-refractivity contribution in [3.8, 4) is 5.75 Å². The zero-order valence-corrected chi connectivity index (χ0v) is 24.4. The predicted molar refractivity (Wildman–Crippen MR) is 159 cm³/mol. The fourth-order valence-corrected chi connectivity index (χ4v) is 6.66. The molecule has 0 unspecified atom stereocenters. The molecule has 2 aliphatic rings. The molecule has 1 amide bonds. The van der Waals surface area contributed by atoms with Crippen molar-refractivity contribution >= 4 is 34.7 Å². The van der Waals surface area contributed by atoms with Crippen LogP contribution in [0.3, 0.4) is 0 Å². The van der Waals surface area contributed by atoms with Crippen molar-refractivity contribution in [3.05, 3.63) is 94.7 Å². The number of thiazole rings is 1. The molecule has 214 valence electrons. The summed E-state index contributed by atoms with van der Waals surface area (Å²) < 4.78 is 7.57. The molecule has 0 saturated carbocycles. The number of nitro benzene ring substituents is 1. The van der Waals surface area contributed by atoms with Crippen LogP contribution in [0.15, 0.2) is 63.5 Å². The third-order valence-electron chi connectivity index (χ3n) is 7.68. The van der Waals surface area contributed by atoms with Gasteiger partial charge in [-0.3, -0.25) is 24.3 Å². The van der Waals surface area contributed by atoms with Gasteiger partial charge < -0.3 is 14.5 Å².